The number of carbonyl (C=O) groups excluding carboxylic acids is 1. The smallest absolute Gasteiger partial charge is 0.186 e. The van der Waals surface area contributed by atoms with Gasteiger partial charge in [-0.05, 0) is 37.3 Å². The SMILES string of the molecule is CN(CC(=O)c1cccs1)CC1CCCOC1. The number of likely N-dealkylation sites (N-methyl/N-ethyl adjacent to an activating group) is 1. The lowest BCUT2D eigenvalue weighted by molar-refractivity contribution is 0.0416. The van der Waals surface area contributed by atoms with Gasteiger partial charge in [-0.25, -0.2) is 0 Å². The average molecular weight is 253 g/mol. The largest absolute Gasteiger partial charge is 0.381 e. The first kappa shape index (κ1) is 12.7. The summed E-state index contributed by atoms with van der Waals surface area (Å²) in [5, 5.41) is 1.95. The Labute approximate surface area is 106 Å². The van der Waals surface area contributed by atoms with Crippen molar-refractivity contribution in [1.82, 2.24) is 4.90 Å². The maximum Gasteiger partial charge on any atom is 0.186 e. The molecule has 2 heterocycles. The van der Waals surface area contributed by atoms with Gasteiger partial charge in [-0.2, -0.15) is 0 Å². The van der Waals surface area contributed by atoms with Gasteiger partial charge in [0.15, 0.2) is 5.78 Å². The summed E-state index contributed by atoms with van der Waals surface area (Å²) in [5.41, 5.74) is 0. The molecule has 3 nitrogen and oxygen atoms in total. The summed E-state index contributed by atoms with van der Waals surface area (Å²) in [6.07, 6.45) is 2.37. The minimum atomic E-state index is 0.222. The van der Waals surface area contributed by atoms with E-state index in [9.17, 15) is 4.79 Å². The first-order valence-corrected chi connectivity index (χ1v) is 6.96. The van der Waals surface area contributed by atoms with E-state index in [0.717, 1.165) is 31.1 Å². The Morgan fingerprint density at radius 1 is 1.65 bits per heavy atom. The number of Topliss-reactive ketones (excluding diaryl/α,β-unsaturated/α-hetero) is 1. The lowest BCUT2D eigenvalue weighted by Gasteiger charge is -2.26. The number of ether oxygens (including phenoxy) is 1. The maximum absolute atomic E-state index is 11.9. The number of carbonyl (C=O) groups is 1. The lowest BCUT2D eigenvalue weighted by Crippen LogP contribution is -2.34. The Kier molecular flexibility index (Phi) is 4.71. The van der Waals surface area contributed by atoms with E-state index in [1.165, 1.54) is 17.8 Å². The quantitative estimate of drug-likeness (QED) is 0.754. The molecule has 4 heteroatoms. The molecule has 0 aromatic carbocycles. The van der Waals surface area contributed by atoms with E-state index in [1.54, 1.807) is 0 Å². The predicted octanol–water partition coefficient (Wildman–Crippen LogP) is 2.29. The van der Waals surface area contributed by atoms with Gasteiger partial charge >= 0.3 is 0 Å². The van der Waals surface area contributed by atoms with Crippen LogP contribution in [0.1, 0.15) is 22.5 Å². The monoisotopic (exact) mass is 253 g/mol. The molecule has 0 N–H and O–H groups in total. The van der Waals surface area contributed by atoms with Gasteiger partial charge in [0.1, 0.15) is 0 Å². The molecule has 1 aliphatic heterocycles. The summed E-state index contributed by atoms with van der Waals surface area (Å²) >= 11 is 1.52. The fraction of sp³-hybridized carbons (Fsp3) is 0.615. The fourth-order valence-corrected chi connectivity index (χ4v) is 2.87. The summed E-state index contributed by atoms with van der Waals surface area (Å²) in [6.45, 7) is 3.21. The number of hydrogen-bond donors (Lipinski definition) is 0. The average Bonchev–Trinajstić information content (AvgIpc) is 2.83. The molecule has 1 aromatic rings. The van der Waals surface area contributed by atoms with Gasteiger partial charge in [-0.1, -0.05) is 6.07 Å². The maximum atomic E-state index is 11.9. The van der Waals surface area contributed by atoms with E-state index in [0.29, 0.717) is 12.5 Å². The summed E-state index contributed by atoms with van der Waals surface area (Å²) in [6, 6.07) is 3.82. The van der Waals surface area contributed by atoms with Crippen molar-refractivity contribution in [1.29, 1.82) is 0 Å². The van der Waals surface area contributed by atoms with Gasteiger partial charge in [0, 0.05) is 13.2 Å². The van der Waals surface area contributed by atoms with Crippen molar-refractivity contribution < 1.29 is 9.53 Å². The molecule has 2 rings (SSSR count). The van der Waals surface area contributed by atoms with Crippen LogP contribution in [0, 0.1) is 5.92 Å². The molecule has 0 aliphatic carbocycles. The predicted molar refractivity (Wildman–Crippen MR) is 69.7 cm³/mol. The van der Waals surface area contributed by atoms with Crippen LogP contribution in [0.15, 0.2) is 17.5 Å². The topological polar surface area (TPSA) is 29.5 Å². The molecule has 0 spiro atoms. The highest BCUT2D eigenvalue weighted by Crippen LogP contribution is 2.15. The van der Waals surface area contributed by atoms with Crippen molar-refractivity contribution in [2.45, 2.75) is 12.8 Å². The summed E-state index contributed by atoms with van der Waals surface area (Å²) in [7, 11) is 2.01. The van der Waals surface area contributed by atoms with Crippen LogP contribution in [0.3, 0.4) is 0 Å². The number of hydrogen-bond acceptors (Lipinski definition) is 4. The van der Waals surface area contributed by atoms with Gasteiger partial charge < -0.3 is 4.74 Å². The lowest BCUT2D eigenvalue weighted by atomic mass is 10.0. The summed E-state index contributed by atoms with van der Waals surface area (Å²) in [5.74, 6) is 0.809. The van der Waals surface area contributed by atoms with Crippen molar-refractivity contribution in [3.05, 3.63) is 22.4 Å². The van der Waals surface area contributed by atoms with Crippen molar-refractivity contribution in [3.63, 3.8) is 0 Å². The second-order valence-corrected chi connectivity index (χ2v) is 5.63. The molecule has 0 bridgehead atoms. The third-order valence-corrected chi connectivity index (χ3v) is 3.94. The van der Waals surface area contributed by atoms with E-state index in [1.807, 2.05) is 24.6 Å². The van der Waals surface area contributed by atoms with Gasteiger partial charge in [0.25, 0.3) is 0 Å². The van der Waals surface area contributed by atoms with Crippen LogP contribution in [-0.2, 0) is 4.74 Å². The first-order chi connectivity index (χ1) is 8.25. The van der Waals surface area contributed by atoms with E-state index in [4.69, 9.17) is 4.74 Å². The van der Waals surface area contributed by atoms with Crippen molar-refractivity contribution >= 4 is 17.1 Å². The van der Waals surface area contributed by atoms with Crippen molar-refractivity contribution in [3.8, 4) is 0 Å². The molecule has 1 saturated heterocycles. The van der Waals surface area contributed by atoms with Gasteiger partial charge in [0.2, 0.25) is 0 Å². The molecule has 17 heavy (non-hydrogen) atoms. The van der Waals surface area contributed by atoms with Crippen LogP contribution in [0.5, 0.6) is 0 Å². The van der Waals surface area contributed by atoms with Crippen LogP contribution < -0.4 is 0 Å². The minimum absolute atomic E-state index is 0.222. The first-order valence-electron chi connectivity index (χ1n) is 6.08. The van der Waals surface area contributed by atoms with Gasteiger partial charge in [0.05, 0.1) is 18.0 Å². The zero-order valence-corrected chi connectivity index (χ0v) is 11.0. The molecule has 1 aromatic heterocycles. The zero-order chi connectivity index (χ0) is 12.1. The molecule has 0 amide bonds. The third-order valence-electron chi connectivity index (χ3n) is 3.03. The van der Waals surface area contributed by atoms with Gasteiger partial charge in [-0.15, -0.1) is 11.3 Å². The van der Waals surface area contributed by atoms with E-state index in [2.05, 4.69) is 4.90 Å². The van der Waals surface area contributed by atoms with Crippen LogP contribution >= 0.6 is 11.3 Å². The number of ketones is 1. The third kappa shape index (κ3) is 3.91. The Hall–Kier alpha value is -0.710. The Balaban J connectivity index is 1.76. The van der Waals surface area contributed by atoms with Crippen LogP contribution in [0.2, 0.25) is 0 Å². The summed E-state index contributed by atoms with van der Waals surface area (Å²) < 4.78 is 5.45. The number of rotatable bonds is 5. The zero-order valence-electron chi connectivity index (χ0n) is 10.2. The van der Waals surface area contributed by atoms with Crippen LogP contribution in [0.25, 0.3) is 0 Å². The second-order valence-electron chi connectivity index (χ2n) is 4.68. The molecular weight excluding hydrogens is 234 g/mol. The highest BCUT2D eigenvalue weighted by atomic mass is 32.1. The van der Waals surface area contributed by atoms with Crippen molar-refractivity contribution in [2.75, 3.05) is 33.4 Å². The molecule has 1 aliphatic rings. The highest BCUT2D eigenvalue weighted by Gasteiger charge is 2.17. The molecule has 1 fully saturated rings. The van der Waals surface area contributed by atoms with E-state index in [-0.39, 0.29) is 5.78 Å². The Morgan fingerprint density at radius 3 is 3.18 bits per heavy atom. The molecule has 0 radical (unpaired) electrons. The number of nitrogens with zero attached hydrogens (tertiary/aromatic N) is 1. The van der Waals surface area contributed by atoms with E-state index < -0.39 is 0 Å². The number of thiophene rings is 1. The molecule has 1 atom stereocenters. The van der Waals surface area contributed by atoms with E-state index >= 15 is 0 Å². The van der Waals surface area contributed by atoms with Gasteiger partial charge in [-0.3, -0.25) is 9.69 Å². The molecule has 0 saturated carbocycles. The highest BCUT2D eigenvalue weighted by molar-refractivity contribution is 7.12. The van der Waals surface area contributed by atoms with Crippen LogP contribution in [0.4, 0.5) is 0 Å². The fourth-order valence-electron chi connectivity index (χ4n) is 2.22. The Morgan fingerprint density at radius 2 is 2.53 bits per heavy atom. The molecule has 94 valence electrons. The molecular formula is C13H19NO2S. The van der Waals surface area contributed by atoms with Crippen molar-refractivity contribution in [2.24, 2.45) is 5.92 Å². The second kappa shape index (κ2) is 6.28. The normalized spacial score (nSPS) is 20.7. The minimum Gasteiger partial charge on any atom is -0.381 e. The Bertz CT molecular complexity index is 344. The van der Waals surface area contributed by atoms with Crippen LogP contribution in [-0.4, -0.2) is 44.0 Å². The molecule has 1 unspecified atom stereocenters. The summed E-state index contributed by atoms with van der Waals surface area (Å²) in [4.78, 5) is 14.9. The standard InChI is InChI=1S/C13H19NO2S/c1-14(8-11-4-2-6-16-10-11)9-12(15)13-5-3-7-17-13/h3,5,7,11H,2,4,6,8-10H2,1H3.